The third kappa shape index (κ3) is 3.63. The molecule has 0 aliphatic carbocycles. The van der Waals surface area contributed by atoms with Gasteiger partial charge in [0.05, 0.1) is 12.3 Å². The van der Waals surface area contributed by atoms with Crippen molar-refractivity contribution in [3.63, 3.8) is 0 Å². The topological polar surface area (TPSA) is 73.5 Å². The van der Waals surface area contributed by atoms with Crippen LogP contribution in [0.5, 0.6) is 5.88 Å². The number of hydrogen-bond donors (Lipinski definition) is 1. The van der Waals surface area contributed by atoms with Gasteiger partial charge in [-0.15, -0.1) is 0 Å². The number of imidazole rings is 1. The largest absolute Gasteiger partial charge is 0.493 e. The zero-order valence-electron chi connectivity index (χ0n) is 14.2. The molecule has 0 amide bonds. The summed E-state index contributed by atoms with van der Waals surface area (Å²) in [7, 11) is 1.48. The highest BCUT2D eigenvalue weighted by molar-refractivity contribution is 8.56. The van der Waals surface area contributed by atoms with Gasteiger partial charge in [-0.25, -0.2) is 9.13 Å². The van der Waals surface area contributed by atoms with Gasteiger partial charge in [-0.05, 0) is 31.1 Å². The molecule has 1 rings (SSSR count). The lowest BCUT2D eigenvalue weighted by molar-refractivity contribution is 0.337. The Morgan fingerprint density at radius 1 is 1.27 bits per heavy atom. The molecule has 1 N–H and O–H groups in total. The molecule has 0 aliphatic rings. The van der Waals surface area contributed by atoms with Crippen molar-refractivity contribution in [1.82, 2.24) is 8.90 Å². The van der Waals surface area contributed by atoms with E-state index in [2.05, 4.69) is 0 Å². The van der Waals surface area contributed by atoms with Gasteiger partial charge in [-0.2, -0.15) is 0 Å². The third-order valence-electron chi connectivity index (χ3n) is 3.75. The second kappa shape index (κ2) is 7.75. The minimum absolute atomic E-state index is 0.0800. The van der Waals surface area contributed by atoms with Gasteiger partial charge >= 0.3 is 12.4 Å². The van der Waals surface area contributed by atoms with Crippen LogP contribution < -0.4 is 5.69 Å². The number of aromatic nitrogens is 2. The molecule has 0 saturated heterocycles. The van der Waals surface area contributed by atoms with Crippen molar-refractivity contribution < 1.29 is 14.2 Å². The van der Waals surface area contributed by atoms with Crippen LogP contribution in [0.1, 0.15) is 59.1 Å². The van der Waals surface area contributed by atoms with Crippen molar-refractivity contribution in [1.29, 1.82) is 0 Å². The van der Waals surface area contributed by atoms with Crippen LogP contribution in [0.3, 0.4) is 0 Å². The van der Waals surface area contributed by atoms with Gasteiger partial charge in [-0.1, -0.05) is 27.7 Å². The lowest BCUT2D eigenvalue weighted by Crippen LogP contribution is -2.23. The van der Waals surface area contributed by atoms with E-state index >= 15 is 0 Å². The molecule has 6 nitrogen and oxygen atoms in total. The molecule has 128 valence electrons. The fourth-order valence-electron chi connectivity index (χ4n) is 2.06. The highest BCUT2D eigenvalue weighted by Gasteiger charge is 2.37. The van der Waals surface area contributed by atoms with E-state index in [0.717, 1.165) is 17.4 Å². The van der Waals surface area contributed by atoms with Crippen molar-refractivity contribution >= 4 is 18.1 Å². The van der Waals surface area contributed by atoms with E-state index in [1.54, 1.807) is 6.92 Å². The van der Waals surface area contributed by atoms with Gasteiger partial charge in [0.15, 0.2) is 0 Å². The van der Waals surface area contributed by atoms with Gasteiger partial charge in [0.2, 0.25) is 5.88 Å². The molecule has 0 saturated carbocycles. The smallest absolute Gasteiger partial charge is 0.361 e. The molecule has 1 aromatic rings. The SMILES string of the molecule is CCOP(=O)(SC(C)CC)n1c(C(C)CC)c(O)n(C)c1=O. The van der Waals surface area contributed by atoms with Gasteiger partial charge < -0.3 is 9.63 Å². The second-order valence-corrected chi connectivity index (χ2v) is 10.0. The van der Waals surface area contributed by atoms with Crippen LogP contribution in [0.4, 0.5) is 0 Å². The molecule has 1 heterocycles. The van der Waals surface area contributed by atoms with E-state index in [0.29, 0.717) is 5.69 Å². The molecule has 1 aromatic heterocycles. The first-order valence-electron chi connectivity index (χ1n) is 7.67. The monoisotopic (exact) mass is 350 g/mol. The standard InChI is InChI=1S/C14H27N2O4PS/c1-7-10(4)12-13(17)15(6)14(18)16(12)21(19,20-9-3)22-11(5)8-2/h10-11,17H,7-9H2,1-6H3. The summed E-state index contributed by atoms with van der Waals surface area (Å²) in [6.45, 7) is 6.34. The second-order valence-electron chi connectivity index (χ2n) is 5.38. The number of aromatic hydroxyl groups is 1. The van der Waals surface area contributed by atoms with Crippen molar-refractivity contribution in [2.75, 3.05) is 6.61 Å². The van der Waals surface area contributed by atoms with Crippen LogP contribution in [-0.2, 0) is 16.1 Å². The first-order valence-corrected chi connectivity index (χ1v) is 10.7. The van der Waals surface area contributed by atoms with E-state index in [1.807, 2.05) is 27.7 Å². The molecule has 3 unspecified atom stereocenters. The first-order chi connectivity index (χ1) is 10.2. The summed E-state index contributed by atoms with van der Waals surface area (Å²) in [5.74, 6) is -0.232. The summed E-state index contributed by atoms with van der Waals surface area (Å²) in [5.41, 5.74) is -0.108. The Balaban J connectivity index is 3.58. The molecule has 0 fully saturated rings. The summed E-state index contributed by atoms with van der Waals surface area (Å²) in [6.07, 6.45) is 1.53. The number of rotatable bonds is 8. The Hall–Kier alpha value is -0.650. The Morgan fingerprint density at radius 3 is 2.32 bits per heavy atom. The predicted octanol–water partition coefficient (Wildman–Crippen LogP) is 3.93. The van der Waals surface area contributed by atoms with Crippen molar-refractivity contribution in [2.24, 2.45) is 7.05 Å². The first kappa shape index (κ1) is 19.4. The van der Waals surface area contributed by atoms with E-state index in [-0.39, 0.29) is 23.7 Å². The maximum Gasteiger partial charge on any atom is 0.361 e. The normalized spacial score (nSPS) is 17.2. The van der Waals surface area contributed by atoms with Crippen molar-refractivity contribution in [3.05, 3.63) is 16.2 Å². The summed E-state index contributed by atoms with van der Waals surface area (Å²) >= 11 is 1.17. The van der Waals surface area contributed by atoms with Crippen LogP contribution in [0.15, 0.2) is 4.79 Å². The number of hydrogen-bond acceptors (Lipinski definition) is 5. The average molecular weight is 350 g/mol. The fourth-order valence-corrected chi connectivity index (χ4v) is 7.22. The summed E-state index contributed by atoms with van der Waals surface area (Å²) in [5, 5.41) is 10.4. The molecular weight excluding hydrogens is 323 g/mol. The summed E-state index contributed by atoms with van der Waals surface area (Å²) < 4.78 is 21.2. The van der Waals surface area contributed by atoms with Crippen molar-refractivity contribution in [2.45, 2.75) is 58.6 Å². The van der Waals surface area contributed by atoms with Crippen LogP contribution in [0.25, 0.3) is 0 Å². The number of nitrogens with zero attached hydrogens (tertiary/aromatic N) is 2. The summed E-state index contributed by atoms with van der Waals surface area (Å²) in [4.78, 5) is 12.5. The minimum atomic E-state index is -3.45. The van der Waals surface area contributed by atoms with Gasteiger partial charge in [-0.3, -0.25) is 9.13 Å². The Kier molecular flexibility index (Phi) is 6.84. The van der Waals surface area contributed by atoms with Crippen LogP contribution in [0.2, 0.25) is 0 Å². The van der Waals surface area contributed by atoms with E-state index in [4.69, 9.17) is 4.52 Å². The highest BCUT2D eigenvalue weighted by Crippen LogP contribution is 2.63. The Bertz CT molecular complexity index is 611. The molecule has 22 heavy (non-hydrogen) atoms. The predicted molar refractivity (Wildman–Crippen MR) is 92.0 cm³/mol. The third-order valence-corrected chi connectivity index (χ3v) is 8.85. The quantitative estimate of drug-likeness (QED) is 0.719. The zero-order valence-corrected chi connectivity index (χ0v) is 15.9. The molecular formula is C14H27N2O4PS. The fraction of sp³-hybridized carbons (Fsp3) is 0.786. The van der Waals surface area contributed by atoms with Crippen LogP contribution in [-0.4, -0.2) is 25.9 Å². The van der Waals surface area contributed by atoms with Crippen LogP contribution in [0, 0.1) is 0 Å². The molecule has 8 heteroatoms. The lowest BCUT2D eigenvalue weighted by Gasteiger charge is -2.23. The Morgan fingerprint density at radius 2 is 1.86 bits per heavy atom. The zero-order chi connectivity index (χ0) is 17.1. The van der Waals surface area contributed by atoms with Crippen LogP contribution >= 0.6 is 18.1 Å². The molecule has 0 bridgehead atoms. The average Bonchev–Trinajstić information content (AvgIpc) is 2.71. The van der Waals surface area contributed by atoms with Gasteiger partial charge in [0.25, 0.3) is 0 Å². The molecule has 0 radical (unpaired) electrons. The van der Waals surface area contributed by atoms with E-state index in [1.165, 1.54) is 22.8 Å². The lowest BCUT2D eigenvalue weighted by atomic mass is 10.1. The maximum absolute atomic E-state index is 13.4. The highest BCUT2D eigenvalue weighted by atomic mass is 32.7. The van der Waals surface area contributed by atoms with E-state index < -0.39 is 12.4 Å². The molecule has 0 spiro atoms. The molecule has 0 aliphatic heterocycles. The van der Waals surface area contributed by atoms with E-state index in [9.17, 15) is 14.5 Å². The molecule has 3 atom stereocenters. The maximum atomic E-state index is 13.4. The van der Waals surface area contributed by atoms with Gasteiger partial charge in [0.1, 0.15) is 0 Å². The van der Waals surface area contributed by atoms with Crippen molar-refractivity contribution in [3.8, 4) is 5.88 Å². The molecule has 0 aromatic carbocycles. The minimum Gasteiger partial charge on any atom is -0.493 e. The summed E-state index contributed by atoms with van der Waals surface area (Å²) in [6, 6.07) is 0. The Labute approximate surface area is 136 Å². The van der Waals surface area contributed by atoms with Gasteiger partial charge in [0, 0.05) is 18.2 Å².